The van der Waals surface area contributed by atoms with Gasteiger partial charge in [-0.1, -0.05) is 18.2 Å². The van der Waals surface area contributed by atoms with E-state index in [9.17, 15) is 0 Å². The monoisotopic (exact) mass is 230 g/mol. The third kappa shape index (κ3) is 1.74. The number of rotatable bonds is 2. The Labute approximate surface area is 102 Å². The van der Waals surface area contributed by atoms with Gasteiger partial charge in [0.05, 0.1) is 6.07 Å². The molecule has 2 bridgehead atoms. The van der Waals surface area contributed by atoms with Gasteiger partial charge in [-0.15, -0.1) is 11.8 Å². The molecule has 0 heterocycles. The number of nitrogens with zero attached hydrogens (tertiary/aromatic N) is 1. The zero-order valence-corrected chi connectivity index (χ0v) is 9.86. The van der Waals surface area contributed by atoms with E-state index in [4.69, 9.17) is 6.63 Å². The molecule has 82 valence electrons. The molecule has 0 amide bonds. The van der Waals surface area contributed by atoms with Crippen LogP contribution in [0.4, 0.5) is 0 Å². The van der Waals surface area contributed by atoms with Crippen molar-refractivity contribution >= 4 is 11.8 Å². The van der Waals surface area contributed by atoms with Crippen LogP contribution in [0.25, 0.3) is 0 Å². The van der Waals surface area contributed by atoms with Crippen LogP contribution in [0.3, 0.4) is 0 Å². The van der Waals surface area contributed by atoms with Crippen LogP contribution in [0, 0.1) is 29.1 Å². The van der Waals surface area contributed by atoms with Gasteiger partial charge in [0.25, 0.3) is 0 Å². The van der Waals surface area contributed by atoms with E-state index in [0.717, 1.165) is 12.8 Å². The number of thioether (sulfide) groups is 1. The Balaban J connectivity index is 1.74. The summed E-state index contributed by atoms with van der Waals surface area (Å²) in [5, 5.41) is 9.44. The Morgan fingerprint density at radius 3 is 2.75 bits per heavy atom. The fourth-order valence-electron chi connectivity index (χ4n) is 2.93. The standard InChI is InChI=1S/C14H15NS/c15-9-12-7-11-6-10(12)8-14(11)16-13-4-2-1-3-5-13/h1-5,10-12,14H,6-8H2/t10-,11-,12-,14+/m0/s1/i8D/t8-,10+,11+,12+,14-/m1. The van der Waals surface area contributed by atoms with Crippen molar-refractivity contribution in [3.8, 4) is 6.07 Å². The van der Waals surface area contributed by atoms with E-state index in [2.05, 4.69) is 18.2 Å². The summed E-state index contributed by atoms with van der Waals surface area (Å²) in [4.78, 5) is 1.26. The fourth-order valence-corrected chi connectivity index (χ4v) is 4.26. The lowest BCUT2D eigenvalue weighted by Crippen LogP contribution is -2.18. The van der Waals surface area contributed by atoms with Crippen LogP contribution < -0.4 is 0 Å². The number of fused-ring (bicyclic) bond motifs is 2. The first-order valence-electron chi connectivity index (χ1n) is 6.41. The highest BCUT2D eigenvalue weighted by Gasteiger charge is 2.46. The molecule has 2 aliphatic carbocycles. The van der Waals surface area contributed by atoms with Gasteiger partial charge in [-0.3, -0.25) is 0 Å². The van der Waals surface area contributed by atoms with Crippen molar-refractivity contribution in [2.45, 2.75) is 29.4 Å². The number of nitriles is 1. The minimum atomic E-state index is -0.0522. The summed E-state index contributed by atoms with van der Waals surface area (Å²) >= 11 is 1.84. The first kappa shape index (κ1) is 9.13. The minimum Gasteiger partial charge on any atom is -0.198 e. The lowest BCUT2D eigenvalue weighted by molar-refractivity contribution is 0.411. The molecule has 0 aromatic heterocycles. The van der Waals surface area contributed by atoms with Crippen molar-refractivity contribution < 1.29 is 1.37 Å². The van der Waals surface area contributed by atoms with E-state index >= 15 is 0 Å². The maximum absolute atomic E-state index is 9.04. The van der Waals surface area contributed by atoms with Gasteiger partial charge in [0.2, 0.25) is 0 Å². The first-order chi connectivity index (χ1) is 8.29. The molecule has 0 spiro atoms. The summed E-state index contributed by atoms with van der Waals surface area (Å²) in [5.74, 6) is 1.05. The van der Waals surface area contributed by atoms with Gasteiger partial charge in [-0.05, 0) is 43.2 Å². The number of hydrogen-bond donors (Lipinski definition) is 0. The van der Waals surface area contributed by atoms with Gasteiger partial charge >= 0.3 is 0 Å². The Kier molecular flexibility index (Phi) is 2.36. The molecular weight excluding hydrogens is 214 g/mol. The highest BCUT2D eigenvalue weighted by Crippen LogP contribution is 2.53. The molecule has 2 aliphatic rings. The van der Waals surface area contributed by atoms with Crippen molar-refractivity contribution in [1.29, 1.82) is 5.26 Å². The molecule has 1 aromatic carbocycles. The largest absolute Gasteiger partial charge is 0.198 e. The van der Waals surface area contributed by atoms with Crippen LogP contribution in [0.15, 0.2) is 35.2 Å². The molecule has 1 nitrogen and oxygen atoms in total. The average molecular weight is 230 g/mol. The smallest absolute Gasteiger partial charge is 0.0658 e. The first-order valence-corrected chi connectivity index (χ1v) is 6.71. The van der Waals surface area contributed by atoms with Crippen LogP contribution in [0.5, 0.6) is 0 Å². The van der Waals surface area contributed by atoms with Crippen molar-refractivity contribution in [2.75, 3.05) is 0 Å². The summed E-state index contributed by atoms with van der Waals surface area (Å²) in [6.07, 6.45) is 2.06. The van der Waals surface area contributed by atoms with Crippen LogP contribution in [-0.2, 0) is 0 Å². The average Bonchev–Trinajstić information content (AvgIpc) is 2.91. The van der Waals surface area contributed by atoms with Crippen LogP contribution in [0.2, 0.25) is 0 Å². The minimum absolute atomic E-state index is 0.0522. The lowest BCUT2D eigenvalue weighted by Gasteiger charge is -2.23. The third-order valence-electron chi connectivity index (χ3n) is 3.73. The van der Waals surface area contributed by atoms with Crippen molar-refractivity contribution in [3.05, 3.63) is 30.3 Å². The zero-order chi connectivity index (χ0) is 11.8. The van der Waals surface area contributed by atoms with Gasteiger partial charge in [0, 0.05) is 17.4 Å². The van der Waals surface area contributed by atoms with Crippen LogP contribution >= 0.6 is 11.8 Å². The van der Waals surface area contributed by atoms with Gasteiger partial charge in [-0.2, -0.15) is 5.26 Å². The van der Waals surface area contributed by atoms with Gasteiger partial charge in [-0.25, -0.2) is 0 Å². The van der Waals surface area contributed by atoms with Crippen LogP contribution in [0.1, 0.15) is 20.6 Å². The maximum Gasteiger partial charge on any atom is 0.0658 e. The second kappa shape index (κ2) is 4.14. The van der Waals surface area contributed by atoms with Crippen molar-refractivity contribution in [3.63, 3.8) is 0 Å². The van der Waals surface area contributed by atoms with E-state index in [-0.39, 0.29) is 12.3 Å². The molecule has 0 N–H and O–H groups in total. The molecule has 2 saturated carbocycles. The Bertz CT molecular complexity index is 439. The van der Waals surface area contributed by atoms with Crippen LogP contribution in [-0.4, -0.2) is 5.25 Å². The SMILES string of the molecule is [2H][C@@H]1[C@@H]2C[C@@H](C[C@H]2C#N)[C@@H]1Sc1ccccc1. The quantitative estimate of drug-likeness (QED) is 0.773. The predicted molar refractivity (Wildman–Crippen MR) is 66.0 cm³/mol. The summed E-state index contributed by atoms with van der Waals surface area (Å²) in [5.41, 5.74) is 0. The van der Waals surface area contributed by atoms with Crippen molar-refractivity contribution in [1.82, 2.24) is 0 Å². The van der Waals surface area contributed by atoms with Gasteiger partial charge < -0.3 is 0 Å². The third-order valence-corrected chi connectivity index (χ3v) is 5.09. The number of benzene rings is 1. The molecule has 5 atom stereocenters. The second-order valence-corrected chi connectivity index (χ2v) is 5.97. The second-order valence-electron chi connectivity index (χ2n) is 4.72. The normalized spacial score (nSPS) is 41.7. The summed E-state index contributed by atoms with van der Waals surface area (Å²) in [6.45, 7) is 0. The Morgan fingerprint density at radius 2 is 2.06 bits per heavy atom. The van der Waals surface area contributed by atoms with Gasteiger partial charge in [0.1, 0.15) is 0 Å². The maximum atomic E-state index is 9.04. The van der Waals surface area contributed by atoms with E-state index in [0.29, 0.717) is 17.1 Å². The predicted octanol–water partition coefficient (Wildman–Crippen LogP) is 3.72. The van der Waals surface area contributed by atoms with E-state index < -0.39 is 0 Å². The summed E-state index contributed by atoms with van der Waals surface area (Å²) in [6, 6.07) is 12.7. The Morgan fingerprint density at radius 1 is 1.25 bits per heavy atom. The summed E-state index contributed by atoms with van der Waals surface area (Å²) in [7, 11) is 0. The molecule has 2 fully saturated rings. The van der Waals surface area contributed by atoms with Gasteiger partial charge in [0.15, 0.2) is 0 Å². The molecule has 3 rings (SSSR count). The molecular formula is C14H15NS. The van der Waals surface area contributed by atoms with E-state index in [1.165, 1.54) is 4.90 Å². The molecule has 1 aromatic rings. The molecule has 16 heavy (non-hydrogen) atoms. The highest BCUT2D eigenvalue weighted by atomic mass is 32.2. The topological polar surface area (TPSA) is 23.8 Å². The molecule has 0 unspecified atom stereocenters. The highest BCUT2D eigenvalue weighted by molar-refractivity contribution is 8.00. The molecule has 0 aliphatic heterocycles. The molecule has 0 radical (unpaired) electrons. The van der Waals surface area contributed by atoms with Crippen molar-refractivity contribution in [2.24, 2.45) is 17.8 Å². The zero-order valence-electron chi connectivity index (χ0n) is 10.0. The summed E-state index contributed by atoms with van der Waals surface area (Å²) < 4.78 is 8.29. The molecule has 0 saturated heterocycles. The Hall–Kier alpha value is -0.940. The molecule has 2 heteroatoms. The lowest BCUT2D eigenvalue weighted by atomic mass is 9.90. The fraction of sp³-hybridized carbons (Fsp3) is 0.500. The van der Waals surface area contributed by atoms with E-state index in [1.54, 1.807) is 0 Å². The number of hydrogen-bond acceptors (Lipinski definition) is 2. The van der Waals surface area contributed by atoms with E-state index in [1.807, 2.05) is 30.0 Å².